The van der Waals surface area contributed by atoms with E-state index in [1.54, 1.807) is 13.8 Å². The average Bonchev–Trinajstić information content (AvgIpc) is 2.38. The Labute approximate surface area is 122 Å². The molecule has 20 heavy (non-hydrogen) atoms. The molecule has 1 saturated heterocycles. The maximum absolute atomic E-state index is 11.3. The zero-order valence-electron chi connectivity index (χ0n) is 11.8. The molecule has 0 atom stereocenters. The van der Waals surface area contributed by atoms with E-state index < -0.39 is 5.97 Å². The van der Waals surface area contributed by atoms with Gasteiger partial charge in [0.1, 0.15) is 16.4 Å². The van der Waals surface area contributed by atoms with Crippen LogP contribution in [0.1, 0.15) is 21.9 Å². The summed E-state index contributed by atoms with van der Waals surface area (Å²) in [4.78, 5) is 22.0. The molecule has 6 nitrogen and oxygen atoms in total. The molecule has 0 aromatic carbocycles. The standard InChI is InChI=1S/C13H19N3O3S/c1-9-11(13(17)18)12(15-10(2)14-9)20-8-5-16-3-6-19-7-4-16/h3-8H2,1-2H3,(H,17,18). The molecule has 1 aromatic rings. The fourth-order valence-electron chi connectivity index (χ4n) is 2.13. The number of morpholine rings is 1. The lowest BCUT2D eigenvalue weighted by Gasteiger charge is -2.26. The Balaban J connectivity index is 1.99. The van der Waals surface area contributed by atoms with Gasteiger partial charge in [0.2, 0.25) is 0 Å². The third-order valence-corrected chi connectivity index (χ3v) is 4.09. The van der Waals surface area contributed by atoms with Crippen LogP contribution in [0.15, 0.2) is 5.03 Å². The minimum absolute atomic E-state index is 0.225. The van der Waals surface area contributed by atoms with E-state index in [0.29, 0.717) is 16.5 Å². The molecule has 1 fully saturated rings. The van der Waals surface area contributed by atoms with Crippen molar-refractivity contribution in [2.45, 2.75) is 18.9 Å². The van der Waals surface area contributed by atoms with E-state index in [4.69, 9.17) is 4.74 Å². The number of nitrogens with zero attached hydrogens (tertiary/aromatic N) is 3. The van der Waals surface area contributed by atoms with E-state index in [2.05, 4.69) is 14.9 Å². The maximum atomic E-state index is 11.3. The highest BCUT2D eigenvalue weighted by Crippen LogP contribution is 2.23. The maximum Gasteiger partial charge on any atom is 0.340 e. The van der Waals surface area contributed by atoms with Crippen LogP contribution >= 0.6 is 11.8 Å². The van der Waals surface area contributed by atoms with Crippen LogP contribution in [0.2, 0.25) is 0 Å². The Morgan fingerprint density at radius 3 is 2.70 bits per heavy atom. The summed E-state index contributed by atoms with van der Waals surface area (Å²) >= 11 is 1.48. The lowest BCUT2D eigenvalue weighted by Crippen LogP contribution is -2.37. The van der Waals surface area contributed by atoms with Crippen molar-refractivity contribution in [3.63, 3.8) is 0 Å². The molecule has 0 radical (unpaired) electrons. The number of carboxylic acid groups (broad SMARTS) is 1. The average molecular weight is 297 g/mol. The van der Waals surface area contributed by atoms with Crippen molar-refractivity contribution >= 4 is 17.7 Å². The van der Waals surface area contributed by atoms with Crippen molar-refractivity contribution in [2.24, 2.45) is 0 Å². The lowest BCUT2D eigenvalue weighted by molar-refractivity contribution is 0.0410. The van der Waals surface area contributed by atoms with Gasteiger partial charge in [-0.3, -0.25) is 4.90 Å². The lowest BCUT2D eigenvalue weighted by atomic mass is 10.2. The van der Waals surface area contributed by atoms with Gasteiger partial charge in [-0.2, -0.15) is 0 Å². The third-order valence-electron chi connectivity index (χ3n) is 3.13. The summed E-state index contributed by atoms with van der Waals surface area (Å²) < 4.78 is 5.30. The highest BCUT2D eigenvalue weighted by molar-refractivity contribution is 7.99. The van der Waals surface area contributed by atoms with Gasteiger partial charge in [0, 0.05) is 25.4 Å². The Morgan fingerprint density at radius 2 is 2.05 bits per heavy atom. The fourth-order valence-corrected chi connectivity index (χ4v) is 3.25. The number of carbonyl (C=O) groups is 1. The van der Waals surface area contributed by atoms with E-state index in [1.165, 1.54) is 11.8 Å². The van der Waals surface area contributed by atoms with E-state index in [-0.39, 0.29) is 5.56 Å². The van der Waals surface area contributed by atoms with Crippen LogP contribution in [0.3, 0.4) is 0 Å². The number of hydrogen-bond acceptors (Lipinski definition) is 6. The molecular weight excluding hydrogens is 278 g/mol. The van der Waals surface area contributed by atoms with Crippen LogP contribution in [-0.2, 0) is 4.74 Å². The molecule has 0 saturated carbocycles. The predicted octanol–water partition coefficient (Wildman–Crippen LogP) is 1.22. The van der Waals surface area contributed by atoms with Gasteiger partial charge < -0.3 is 9.84 Å². The smallest absolute Gasteiger partial charge is 0.340 e. The van der Waals surface area contributed by atoms with Crippen molar-refractivity contribution in [3.8, 4) is 0 Å². The number of aryl methyl sites for hydroxylation is 2. The highest BCUT2D eigenvalue weighted by Gasteiger charge is 2.18. The largest absolute Gasteiger partial charge is 0.478 e. The Bertz CT molecular complexity index is 490. The topological polar surface area (TPSA) is 75.5 Å². The van der Waals surface area contributed by atoms with E-state index in [0.717, 1.165) is 38.6 Å². The Morgan fingerprint density at radius 1 is 1.35 bits per heavy atom. The summed E-state index contributed by atoms with van der Waals surface area (Å²) in [6, 6.07) is 0. The van der Waals surface area contributed by atoms with Crippen LogP contribution in [0.5, 0.6) is 0 Å². The molecule has 2 rings (SSSR count). The molecule has 0 spiro atoms. The van der Waals surface area contributed by atoms with Gasteiger partial charge in [0.15, 0.2) is 0 Å². The minimum atomic E-state index is -0.962. The Kier molecular flexibility index (Phi) is 5.33. The van der Waals surface area contributed by atoms with Gasteiger partial charge in [0.25, 0.3) is 0 Å². The zero-order chi connectivity index (χ0) is 14.5. The molecule has 1 aliphatic heterocycles. The molecule has 1 N–H and O–H groups in total. The molecule has 1 aliphatic rings. The first-order chi connectivity index (χ1) is 9.58. The van der Waals surface area contributed by atoms with Crippen LogP contribution in [0, 0.1) is 13.8 Å². The molecule has 2 heterocycles. The van der Waals surface area contributed by atoms with Crippen molar-refractivity contribution in [2.75, 3.05) is 38.6 Å². The van der Waals surface area contributed by atoms with Gasteiger partial charge in [-0.1, -0.05) is 0 Å². The Hall–Kier alpha value is -1.18. The second-order valence-corrected chi connectivity index (χ2v) is 5.73. The molecule has 0 amide bonds. The number of aromatic nitrogens is 2. The van der Waals surface area contributed by atoms with Crippen molar-refractivity contribution < 1.29 is 14.6 Å². The second kappa shape index (κ2) is 7.01. The summed E-state index contributed by atoms with van der Waals surface area (Å²) in [5.74, 6) is 0.466. The molecule has 0 aliphatic carbocycles. The summed E-state index contributed by atoms with van der Waals surface area (Å²) in [5.41, 5.74) is 0.751. The van der Waals surface area contributed by atoms with E-state index >= 15 is 0 Å². The normalized spacial score (nSPS) is 16.3. The molecule has 1 aromatic heterocycles. The van der Waals surface area contributed by atoms with Crippen molar-refractivity contribution in [3.05, 3.63) is 17.1 Å². The zero-order valence-corrected chi connectivity index (χ0v) is 12.6. The summed E-state index contributed by atoms with van der Waals surface area (Å²) in [5, 5.41) is 9.83. The van der Waals surface area contributed by atoms with Crippen LogP contribution < -0.4 is 0 Å². The molecule has 0 bridgehead atoms. The van der Waals surface area contributed by atoms with E-state index in [9.17, 15) is 9.90 Å². The highest BCUT2D eigenvalue weighted by atomic mass is 32.2. The first-order valence-electron chi connectivity index (χ1n) is 6.59. The number of carboxylic acids is 1. The van der Waals surface area contributed by atoms with E-state index in [1.807, 2.05) is 0 Å². The summed E-state index contributed by atoms with van der Waals surface area (Å²) in [6.45, 7) is 7.83. The van der Waals surface area contributed by atoms with Crippen molar-refractivity contribution in [1.29, 1.82) is 0 Å². The third kappa shape index (κ3) is 3.91. The molecule has 7 heteroatoms. The quantitative estimate of drug-likeness (QED) is 0.647. The minimum Gasteiger partial charge on any atom is -0.478 e. The monoisotopic (exact) mass is 297 g/mol. The molecule has 0 unspecified atom stereocenters. The number of hydrogen-bond donors (Lipinski definition) is 1. The first-order valence-corrected chi connectivity index (χ1v) is 7.58. The van der Waals surface area contributed by atoms with Gasteiger partial charge in [-0.25, -0.2) is 14.8 Å². The fraction of sp³-hybridized carbons (Fsp3) is 0.615. The SMILES string of the molecule is Cc1nc(C)c(C(=O)O)c(SCCN2CCOCC2)n1. The van der Waals surface area contributed by atoms with Crippen molar-refractivity contribution in [1.82, 2.24) is 14.9 Å². The van der Waals surface area contributed by atoms with Gasteiger partial charge in [-0.05, 0) is 13.8 Å². The number of rotatable bonds is 5. The number of thioether (sulfide) groups is 1. The predicted molar refractivity (Wildman–Crippen MR) is 76.4 cm³/mol. The first kappa shape index (κ1) is 15.2. The molecular formula is C13H19N3O3S. The molecule has 110 valence electrons. The number of aromatic carboxylic acids is 1. The summed E-state index contributed by atoms with van der Waals surface area (Å²) in [7, 11) is 0. The second-order valence-electron chi connectivity index (χ2n) is 4.64. The van der Waals surface area contributed by atoms with Crippen LogP contribution in [-0.4, -0.2) is 64.5 Å². The van der Waals surface area contributed by atoms with Crippen LogP contribution in [0.25, 0.3) is 0 Å². The number of ether oxygens (including phenoxy) is 1. The summed E-state index contributed by atoms with van der Waals surface area (Å²) in [6.07, 6.45) is 0. The van der Waals surface area contributed by atoms with Gasteiger partial charge in [0.05, 0.1) is 18.9 Å². The van der Waals surface area contributed by atoms with Crippen LogP contribution in [0.4, 0.5) is 0 Å². The van der Waals surface area contributed by atoms with Gasteiger partial charge >= 0.3 is 5.97 Å². The van der Waals surface area contributed by atoms with Gasteiger partial charge in [-0.15, -0.1) is 11.8 Å².